The van der Waals surface area contributed by atoms with Crippen LogP contribution in [-0.2, 0) is 9.47 Å². The van der Waals surface area contributed by atoms with Gasteiger partial charge < -0.3 is 14.4 Å². The molecule has 0 aromatic heterocycles. The van der Waals surface area contributed by atoms with Gasteiger partial charge in [0.2, 0.25) is 0 Å². The fraction of sp³-hybridized carbons (Fsp3) is 1.00. The number of nitrogens with zero attached hydrogens (tertiary/aromatic N) is 3. The van der Waals surface area contributed by atoms with E-state index in [4.69, 9.17) is 9.47 Å². The van der Waals surface area contributed by atoms with Crippen molar-refractivity contribution in [3.8, 4) is 0 Å². The van der Waals surface area contributed by atoms with Gasteiger partial charge in [-0.05, 0) is 60.4 Å². The molecule has 5 nitrogen and oxygen atoms in total. The molecule has 26 heavy (non-hydrogen) atoms. The van der Waals surface area contributed by atoms with Crippen LogP contribution in [0.5, 0.6) is 0 Å². The third kappa shape index (κ3) is 4.79. The van der Waals surface area contributed by atoms with Crippen LogP contribution >= 0.6 is 0 Å². The molecule has 1 unspecified atom stereocenters. The van der Waals surface area contributed by atoms with Crippen molar-refractivity contribution in [2.24, 2.45) is 0 Å². The minimum absolute atomic E-state index is 0.230. The molecule has 0 aromatic rings. The van der Waals surface area contributed by atoms with Gasteiger partial charge in [-0.15, -0.1) is 0 Å². The zero-order chi connectivity index (χ0) is 18.7. The summed E-state index contributed by atoms with van der Waals surface area (Å²) in [6.45, 7) is 17.3. The van der Waals surface area contributed by atoms with Gasteiger partial charge in [-0.2, -0.15) is 0 Å². The van der Waals surface area contributed by atoms with Gasteiger partial charge in [0.1, 0.15) is 0 Å². The minimum Gasteiger partial charge on any atom is -0.378 e. The molecule has 0 bridgehead atoms. The van der Waals surface area contributed by atoms with Crippen LogP contribution in [0.2, 0.25) is 0 Å². The third-order valence-electron chi connectivity index (χ3n) is 7.20. The second-order valence-electron chi connectivity index (χ2n) is 9.16. The normalized spacial score (nSPS) is 31.7. The molecule has 1 atom stereocenters. The molecule has 2 saturated heterocycles. The van der Waals surface area contributed by atoms with Crippen molar-refractivity contribution in [1.82, 2.24) is 14.7 Å². The predicted molar refractivity (Wildman–Crippen MR) is 107 cm³/mol. The van der Waals surface area contributed by atoms with Crippen molar-refractivity contribution in [2.75, 3.05) is 52.9 Å². The Hall–Kier alpha value is -0.200. The Bertz CT molecular complexity index is 423. The molecule has 0 spiro atoms. The van der Waals surface area contributed by atoms with E-state index < -0.39 is 0 Å². The average molecular weight is 368 g/mol. The van der Waals surface area contributed by atoms with Crippen LogP contribution in [0.1, 0.15) is 53.4 Å². The molecule has 3 fully saturated rings. The highest BCUT2D eigenvalue weighted by Gasteiger charge is 2.39. The van der Waals surface area contributed by atoms with Gasteiger partial charge >= 0.3 is 0 Å². The molecule has 0 amide bonds. The summed E-state index contributed by atoms with van der Waals surface area (Å²) in [5.74, 6) is 0. The molecule has 1 saturated carbocycles. The van der Waals surface area contributed by atoms with Gasteiger partial charge in [0.25, 0.3) is 0 Å². The Balaban J connectivity index is 1.41. The number of rotatable bonds is 7. The highest BCUT2D eigenvalue weighted by Crippen LogP contribution is 2.31. The largest absolute Gasteiger partial charge is 0.378 e. The quantitative estimate of drug-likeness (QED) is 0.689. The average Bonchev–Trinajstić information content (AvgIpc) is 2.60. The van der Waals surface area contributed by atoms with Crippen molar-refractivity contribution in [3.63, 3.8) is 0 Å². The number of ether oxygens (including phenoxy) is 2. The van der Waals surface area contributed by atoms with E-state index in [1.54, 1.807) is 0 Å². The maximum absolute atomic E-state index is 6.32. The summed E-state index contributed by atoms with van der Waals surface area (Å²) in [6.07, 6.45) is 5.91. The van der Waals surface area contributed by atoms with Gasteiger partial charge in [-0.1, -0.05) is 0 Å². The smallest absolute Gasteiger partial charge is 0.0628 e. The van der Waals surface area contributed by atoms with Crippen LogP contribution in [0.25, 0.3) is 0 Å². The fourth-order valence-corrected chi connectivity index (χ4v) is 4.77. The number of likely N-dealkylation sites (N-methyl/N-ethyl adjacent to an activating group) is 1. The molecule has 152 valence electrons. The van der Waals surface area contributed by atoms with Gasteiger partial charge in [-0.3, -0.25) is 9.80 Å². The predicted octanol–water partition coefficient (Wildman–Crippen LogP) is 2.45. The highest BCUT2D eigenvalue weighted by atomic mass is 16.5. The highest BCUT2D eigenvalue weighted by molar-refractivity contribution is 4.95. The number of hydrogen-bond donors (Lipinski definition) is 0. The summed E-state index contributed by atoms with van der Waals surface area (Å²) in [5, 5.41) is 0. The molecule has 2 aliphatic heterocycles. The lowest BCUT2D eigenvalue weighted by atomic mass is 9.89. The topological polar surface area (TPSA) is 28.2 Å². The van der Waals surface area contributed by atoms with Crippen LogP contribution in [0, 0.1) is 0 Å². The third-order valence-corrected chi connectivity index (χ3v) is 7.20. The standard InChI is InChI=1S/C21H41N3O2/c1-6-25-19-15-20(16-19)26-18-7-9-23(10-8-18)17(2)21(3,4)24-13-11-22(5)12-14-24/h17-20H,6-16H2,1-5H3. The zero-order valence-corrected chi connectivity index (χ0v) is 17.7. The van der Waals surface area contributed by atoms with Crippen LogP contribution in [-0.4, -0.2) is 97.5 Å². The van der Waals surface area contributed by atoms with Crippen molar-refractivity contribution < 1.29 is 9.47 Å². The summed E-state index contributed by atoms with van der Waals surface area (Å²) in [4.78, 5) is 7.83. The van der Waals surface area contributed by atoms with Crippen molar-refractivity contribution >= 4 is 0 Å². The van der Waals surface area contributed by atoms with E-state index in [0.29, 0.717) is 24.4 Å². The van der Waals surface area contributed by atoms with Crippen molar-refractivity contribution in [1.29, 1.82) is 0 Å². The summed E-state index contributed by atoms with van der Waals surface area (Å²) < 4.78 is 12.0. The molecular weight excluding hydrogens is 326 g/mol. The Labute approximate surface area is 161 Å². The maximum atomic E-state index is 6.32. The van der Waals surface area contributed by atoms with Gasteiger partial charge in [-0.25, -0.2) is 0 Å². The van der Waals surface area contributed by atoms with E-state index in [2.05, 4.69) is 49.4 Å². The monoisotopic (exact) mass is 367 g/mol. The van der Waals surface area contributed by atoms with E-state index in [1.807, 2.05) is 0 Å². The van der Waals surface area contributed by atoms with Crippen LogP contribution in [0.15, 0.2) is 0 Å². The second-order valence-corrected chi connectivity index (χ2v) is 9.16. The van der Waals surface area contributed by atoms with Gasteiger partial charge in [0.15, 0.2) is 0 Å². The van der Waals surface area contributed by atoms with E-state index in [1.165, 1.54) is 52.1 Å². The minimum atomic E-state index is 0.230. The fourth-order valence-electron chi connectivity index (χ4n) is 4.77. The summed E-state index contributed by atoms with van der Waals surface area (Å²) in [7, 11) is 2.23. The van der Waals surface area contributed by atoms with Crippen LogP contribution in [0.4, 0.5) is 0 Å². The lowest BCUT2D eigenvalue weighted by Gasteiger charge is -2.51. The first-order valence-electron chi connectivity index (χ1n) is 10.8. The number of piperidine rings is 1. The van der Waals surface area contributed by atoms with Gasteiger partial charge in [0, 0.05) is 57.5 Å². The molecule has 1 aliphatic carbocycles. The Morgan fingerprint density at radius 3 is 2.12 bits per heavy atom. The molecule has 0 radical (unpaired) electrons. The summed E-state index contributed by atoms with van der Waals surface area (Å²) in [5.41, 5.74) is 0.230. The molecule has 3 aliphatic rings. The Morgan fingerprint density at radius 2 is 1.54 bits per heavy atom. The molecule has 3 rings (SSSR count). The Kier molecular flexibility index (Phi) is 7.00. The molecule has 0 aromatic carbocycles. The maximum Gasteiger partial charge on any atom is 0.0628 e. The number of likely N-dealkylation sites (tertiary alicyclic amines) is 1. The first kappa shape index (κ1) is 20.5. The lowest BCUT2D eigenvalue weighted by molar-refractivity contribution is -0.136. The summed E-state index contributed by atoms with van der Waals surface area (Å²) >= 11 is 0. The molecule has 5 heteroatoms. The van der Waals surface area contributed by atoms with Crippen LogP contribution in [0.3, 0.4) is 0 Å². The van der Waals surface area contributed by atoms with Crippen molar-refractivity contribution in [2.45, 2.75) is 83.3 Å². The molecule has 2 heterocycles. The number of piperazine rings is 1. The second kappa shape index (κ2) is 8.87. The van der Waals surface area contributed by atoms with Crippen molar-refractivity contribution in [3.05, 3.63) is 0 Å². The Morgan fingerprint density at radius 1 is 0.923 bits per heavy atom. The van der Waals surface area contributed by atoms with E-state index >= 15 is 0 Å². The lowest BCUT2D eigenvalue weighted by Crippen LogP contribution is -2.62. The first-order chi connectivity index (χ1) is 12.4. The molecular formula is C21H41N3O2. The van der Waals surface area contributed by atoms with Gasteiger partial charge in [0.05, 0.1) is 18.3 Å². The number of hydrogen-bond acceptors (Lipinski definition) is 5. The van der Waals surface area contributed by atoms with Crippen LogP contribution < -0.4 is 0 Å². The van der Waals surface area contributed by atoms with E-state index in [9.17, 15) is 0 Å². The zero-order valence-electron chi connectivity index (χ0n) is 17.7. The first-order valence-corrected chi connectivity index (χ1v) is 10.8. The van der Waals surface area contributed by atoms with E-state index in [0.717, 1.165) is 19.4 Å². The SMILES string of the molecule is CCOC1CC(OC2CCN(C(C)C(C)(C)N3CCN(C)CC3)CC2)C1. The molecule has 0 N–H and O–H groups in total. The summed E-state index contributed by atoms with van der Waals surface area (Å²) in [6, 6.07) is 0.581. The van der Waals surface area contributed by atoms with E-state index in [-0.39, 0.29) is 5.54 Å².